The molecule has 2 rings (SSSR count). The van der Waals surface area contributed by atoms with Gasteiger partial charge in [0.1, 0.15) is 5.01 Å². The summed E-state index contributed by atoms with van der Waals surface area (Å²) in [7, 11) is 1.77. The first-order chi connectivity index (χ1) is 8.97. The van der Waals surface area contributed by atoms with Crippen molar-refractivity contribution in [3.05, 3.63) is 16.1 Å². The zero-order valence-corrected chi connectivity index (χ0v) is 11.7. The molecule has 6 nitrogen and oxygen atoms in total. The van der Waals surface area contributed by atoms with Crippen molar-refractivity contribution < 1.29 is 14.7 Å². The molecular weight excluding hydrogens is 266 g/mol. The Balaban J connectivity index is 1.77. The molecule has 1 fully saturated rings. The lowest BCUT2D eigenvalue weighted by Gasteiger charge is -2.17. The minimum atomic E-state index is -1.05. The van der Waals surface area contributed by atoms with Crippen LogP contribution in [-0.2, 0) is 6.54 Å². The van der Waals surface area contributed by atoms with E-state index in [4.69, 9.17) is 5.11 Å². The smallest absolute Gasteiger partial charge is 0.355 e. The number of nitrogens with zero attached hydrogens (tertiary/aromatic N) is 2. The van der Waals surface area contributed by atoms with E-state index in [1.54, 1.807) is 11.9 Å². The molecule has 1 aliphatic carbocycles. The van der Waals surface area contributed by atoms with Gasteiger partial charge in [0, 0.05) is 19.0 Å². The molecule has 1 saturated carbocycles. The number of carbonyl (C=O) groups excluding carboxylic acids is 1. The van der Waals surface area contributed by atoms with Gasteiger partial charge in [0.15, 0.2) is 5.69 Å². The lowest BCUT2D eigenvalue weighted by atomic mass is 10.3. The van der Waals surface area contributed by atoms with Gasteiger partial charge in [0.25, 0.3) is 0 Å². The summed E-state index contributed by atoms with van der Waals surface area (Å²) >= 11 is 1.23. The van der Waals surface area contributed by atoms with Crippen LogP contribution in [0.4, 0.5) is 4.79 Å². The fourth-order valence-electron chi connectivity index (χ4n) is 1.86. The molecule has 2 amide bonds. The van der Waals surface area contributed by atoms with Crippen LogP contribution in [0.3, 0.4) is 0 Å². The molecule has 2 unspecified atom stereocenters. The highest BCUT2D eigenvalue weighted by Crippen LogP contribution is 2.37. The maximum atomic E-state index is 11.8. The van der Waals surface area contributed by atoms with Crippen molar-refractivity contribution in [2.45, 2.75) is 19.9 Å². The fourth-order valence-corrected chi connectivity index (χ4v) is 2.57. The summed E-state index contributed by atoms with van der Waals surface area (Å²) in [6.45, 7) is 3.21. The Morgan fingerprint density at radius 3 is 2.84 bits per heavy atom. The van der Waals surface area contributed by atoms with E-state index in [2.05, 4.69) is 17.2 Å². The second-order valence-electron chi connectivity index (χ2n) is 4.94. The average Bonchev–Trinajstić information content (AvgIpc) is 2.88. The number of urea groups is 1. The number of amides is 2. The molecule has 1 aromatic rings. The van der Waals surface area contributed by atoms with Gasteiger partial charge in [-0.2, -0.15) is 0 Å². The number of hydrogen-bond acceptors (Lipinski definition) is 4. The quantitative estimate of drug-likeness (QED) is 0.860. The van der Waals surface area contributed by atoms with Crippen molar-refractivity contribution in [1.29, 1.82) is 0 Å². The predicted molar refractivity (Wildman–Crippen MR) is 71.2 cm³/mol. The van der Waals surface area contributed by atoms with Gasteiger partial charge in [-0.1, -0.05) is 6.92 Å². The van der Waals surface area contributed by atoms with Gasteiger partial charge in [-0.3, -0.25) is 0 Å². The molecule has 7 heteroatoms. The number of carbonyl (C=O) groups is 2. The van der Waals surface area contributed by atoms with Crippen LogP contribution in [0.2, 0.25) is 0 Å². The summed E-state index contributed by atoms with van der Waals surface area (Å²) in [6.07, 6.45) is 1.19. The Hall–Kier alpha value is -1.63. The van der Waals surface area contributed by atoms with Gasteiger partial charge < -0.3 is 15.3 Å². The minimum absolute atomic E-state index is 0.0226. The molecule has 2 N–H and O–H groups in total. The Bertz CT molecular complexity index is 488. The predicted octanol–water partition coefficient (Wildman–Crippen LogP) is 1.64. The van der Waals surface area contributed by atoms with Crippen molar-refractivity contribution >= 4 is 23.3 Å². The van der Waals surface area contributed by atoms with Crippen LogP contribution in [0.5, 0.6) is 0 Å². The summed E-state index contributed by atoms with van der Waals surface area (Å²) in [5.41, 5.74) is 0.0226. The van der Waals surface area contributed by atoms with Gasteiger partial charge >= 0.3 is 12.0 Å². The second-order valence-corrected chi connectivity index (χ2v) is 5.89. The highest BCUT2D eigenvalue weighted by atomic mass is 32.1. The molecule has 0 radical (unpaired) electrons. The summed E-state index contributed by atoms with van der Waals surface area (Å²) in [5.74, 6) is 0.287. The number of thiazole rings is 1. The Labute approximate surface area is 115 Å². The van der Waals surface area contributed by atoms with E-state index in [-0.39, 0.29) is 18.3 Å². The number of carboxylic acids is 1. The largest absolute Gasteiger partial charge is 0.476 e. The molecule has 1 heterocycles. The molecule has 0 saturated heterocycles. The molecule has 2 atom stereocenters. The normalized spacial score (nSPS) is 20.9. The molecule has 104 valence electrons. The van der Waals surface area contributed by atoms with E-state index in [0.29, 0.717) is 16.8 Å². The summed E-state index contributed by atoms with van der Waals surface area (Å²) in [4.78, 5) is 28.0. The van der Waals surface area contributed by atoms with E-state index >= 15 is 0 Å². The number of rotatable bonds is 5. The first-order valence-corrected chi connectivity index (χ1v) is 7.02. The zero-order chi connectivity index (χ0) is 14.0. The van der Waals surface area contributed by atoms with Crippen LogP contribution >= 0.6 is 11.3 Å². The monoisotopic (exact) mass is 283 g/mol. The maximum absolute atomic E-state index is 11.8. The molecule has 0 aromatic carbocycles. The van der Waals surface area contributed by atoms with Crippen LogP contribution in [0.1, 0.15) is 28.8 Å². The first-order valence-electron chi connectivity index (χ1n) is 6.14. The lowest BCUT2D eigenvalue weighted by Crippen LogP contribution is -2.38. The highest BCUT2D eigenvalue weighted by molar-refractivity contribution is 7.09. The SMILES string of the molecule is CC1CC1CN(C)C(=O)NCc1nc(C(=O)O)cs1. The average molecular weight is 283 g/mol. The number of nitrogens with one attached hydrogen (secondary N) is 1. The number of aromatic carboxylic acids is 1. The van der Waals surface area contributed by atoms with Crippen LogP contribution in [0.15, 0.2) is 5.38 Å². The minimum Gasteiger partial charge on any atom is -0.476 e. The Morgan fingerprint density at radius 2 is 2.32 bits per heavy atom. The fraction of sp³-hybridized carbons (Fsp3) is 0.583. The van der Waals surface area contributed by atoms with E-state index in [1.807, 2.05) is 0 Å². The summed E-state index contributed by atoms with van der Waals surface area (Å²) in [6, 6.07) is -0.147. The molecule has 19 heavy (non-hydrogen) atoms. The number of hydrogen-bond donors (Lipinski definition) is 2. The molecule has 0 spiro atoms. The van der Waals surface area contributed by atoms with Gasteiger partial charge in [-0.25, -0.2) is 14.6 Å². The van der Waals surface area contributed by atoms with E-state index in [1.165, 1.54) is 23.1 Å². The standard InChI is InChI=1S/C12H17N3O3S/c1-7-3-8(7)5-15(2)12(18)13-4-10-14-9(6-19-10)11(16)17/h6-8H,3-5H2,1-2H3,(H,13,18)(H,16,17). The van der Waals surface area contributed by atoms with Gasteiger partial charge in [-0.05, 0) is 18.3 Å². The topological polar surface area (TPSA) is 82.5 Å². The number of aromatic nitrogens is 1. The van der Waals surface area contributed by atoms with Crippen LogP contribution in [-0.4, -0.2) is 40.6 Å². The van der Waals surface area contributed by atoms with E-state index in [0.717, 1.165) is 6.54 Å². The molecular formula is C12H17N3O3S. The van der Waals surface area contributed by atoms with E-state index < -0.39 is 5.97 Å². The third-order valence-electron chi connectivity index (χ3n) is 3.29. The number of carboxylic acid groups (broad SMARTS) is 1. The maximum Gasteiger partial charge on any atom is 0.355 e. The lowest BCUT2D eigenvalue weighted by molar-refractivity contribution is 0.0691. The molecule has 1 aromatic heterocycles. The highest BCUT2D eigenvalue weighted by Gasteiger charge is 2.34. The van der Waals surface area contributed by atoms with Gasteiger partial charge in [0.2, 0.25) is 0 Å². The Morgan fingerprint density at radius 1 is 1.63 bits per heavy atom. The zero-order valence-electron chi connectivity index (χ0n) is 10.9. The van der Waals surface area contributed by atoms with E-state index in [9.17, 15) is 9.59 Å². The third-order valence-corrected chi connectivity index (χ3v) is 4.14. The van der Waals surface area contributed by atoms with Crippen LogP contribution < -0.4 is 5.32 Å². The van der Waals surface area contributed by atoms with Crippen molar-refractivity contribution in [2.24, 2.45) is 11.8 Å². The summed E-state index contributed by atoms with van der Waals surface area (Å²) in [5, 5.41) is 13.6. The van der Waals surface area contributed by atoms with Crippen molar-refractivity contribution in [2.75, 3.05) is 13.6 Å². The first kappa shape index (κ1) is 13.8. The summed E-state index contributed by atoms with van der Waals surface area (Å²) < 4.78 is 0. The van der Waals surface area contributed by atoms with Crippen molar-refractivity contribution in [3.8, 4) is 0 Å². The van der Waals surface area contributed by atoms with Gasteiger partial charge in [0.05, 0.1) is 6.54 Å². The van der Waals surface area contributed by atoms with Crippen molar-refractivity contribution in [3.63, 3.8) is 0 Å². The van der Waals surface area contributed by atoms with Crippen LogP contribution in [0, 0.1) is 11.8 Å². The molecule has 0 bridgehead atoms. The van der Waals surface area contributed by atoms with Crippen LogP contribution in [0.25, 0.3) is 0 Å². The van der Waals surface area contributed by atoms with Gasteiger partial charge in [-0.15, -0.1) is 11.3 Å². The third kappa shape index (κ3) is 3.66. The molecule has 0 aliphatic heterocycles. The Kier molecular flexibility index (Phi) is 4.04. The molecule has 1 aliphatic rings. The second kappa shape index (κ2) is 5.56. The van der Waals surface area contributed by atoms with Crippen molar-refractivity contribution in [1.82, 2.24) is 15.2 Å².